The van der Waals surface area contributed by atoms with E-state index in [0.29, 0.717) is 5.88 Å². The number of hydrogen-bond acceptors (Lipinski definition) is 2. The van der Waals surface area contributed by atoms with Gasteiger partial charge < -0.3 is 9.30 Å². The lowest BCUT2D eigenvalue weighted by Crippen LogP contribution is -2.06. The lowest BCUT2D eigenvalue weighted by molar-refractivity contribution is 0.190. The summed E-state index contributed by atoms with van der Waals surface area (Å²) in [7, 11) is 1.73. The van der Waals surface area contributed by atoms with Crippen LogP contribution in [0.1, 0.15) is 12.2 Å². The number of nitrogens with zero attached hydrogens (tertiary/aromatic N) is 2. The van der Waals surface area contributed by atoms with E-state index in [1.165, 1.54) is 0 Å². The molecule has 0 N–H and O–H groups in total. The number of alkyl halides is 1. The van der Waals surface area contributed by atoms with Crippen LogP contribution < -0.4 is 0 Å². The molecule has 0 radical (unpaired) electrons. The van der Waals surface area contributed by atoms with Gasteiger partial charge in [-0.1, -0.05) is 15.9 Å². The lowest BCUT2D eigenvalue weighted by Gasteiger charge is -2.08. The maximum Gasteiger partial charge on any atom is 0.111 e. The fourth-order valence-corrected chi connectivity index (χ4v) is 2.56. The Bertz CT molecular complexity index is 527. The van der Waals surface area contributed by atoms with Crippen LogP contribution in [0.25, 0.3) is 11.0 Å². The number of benzene rings is 1. The highest BCUT2D eigenvalue weighted by Gasteiger charge is 2.10. The number of aryl methyl sites for hydroxylation is 2. The van der Waals surface area contributed by atoms with Crippen molar-refractivity contribution in [1.82, 2.24) is 9.55 Å². The van der Waals surface area contributed by atoms with Crippen molar-refractivity contribution in [2.24, 2.45) is 0 Å². The number of aromatic nitrogens is 2. The second kappa shape index (κ2) is 6.55. The number of fused-ring (bicyclic) bond motifs is 1. The number of halogens is 2. The van der Waals surface area contributed by atoms with Crippen molar-refractivity contribution in [3.8, 4) is 0 Å². The molecule has 0 unspecified atom stereocenters. The Kier molecular flexibility index (Phi) is 5.03. The molecular weight excluding hydrogens is 316 g/mol. The molecule has 3 nitrogen and oxygen atoms in total. The van der Waals surface area contributed by atoms with E-state index in [-0.39, 0.29) is 0 Å². The Balaban J connectivity index is 2.35. The van der Waals surface area contributed by atoms with Gasteiger partial charge in [-0.05, 0) is 24.6 Å². The first kappa shape index (κ1) is 13.8. The SMILES string of the molecule is COCCCn1c(CCCl)nc2cc(Br)ccc21. The van der Waals surface area contributed by atoms with Gasteiger partial charge in [0.25, 0.3) is 0 Å². The highest BCUT2D eigenvalue weighted by atomic mass is 79.9. The Hall–Kier alpha value is -0.580. The van der Waals surface area contributed by atoms with Gasteiger partial charge in [-0.15, -0.1) is 11.6 Å². The molecule has 5 heteroatoms. The molecule has 18 heavy (non-hydrogen) atoms. The van der Waals surface area contributed by atoms with Gasteiger partial charge in [0.05, 0.1) is 11.0 Å². The van der Waals surface area contributed by atoms with Crippen LogP contribution in [0.2, 0.25) is 0 Å². The summed E-state index contributed by atoms with van der Waals surface area (Å²) in [6, 6.07) is 6.18. The first-order chi connectivity index (χ1) is 8.76. The zero-order valence-corrected chi connectivity index (χ0v) is 12.7. The maximum absolute atomic E-state index is 5.84. The standard InChI is InChI=1S/C13H16BrClN2O/c1-18-8-2-7-17-12-4-3-10(14)9-11(12)16-13(17)5-6-15/h3-4,9H,2,5-8H2,1H3. The topological polar surface area (TPSA) is 27.1 Å². The minimum atomic E-state index is 0.592. The third kappa shape index (κ3) is 3.05. The van der Waals surface area contributed by atoms with Crippen molar-refractivity contribution >= 4 is 38.6 Å². The third-order valence-electron chi connectivity index (χ3n) is 2.84. The number of hydrogen-bond donors (Lipinski definition) is 0. The maximum atomic E-state index is 5.84. The van der Waals surface area contributed by atoms with Gasteiger partial charge in [-0.3, -0.25) is 0 Å². The average Bonchev–Trinajstić information content (AvgIpc) is 2.67. The molecule has 0 amide bonds. The molecule has 0 saturated carbocycles. The van der Waals surface area contributed by atoms with Crippen LogP contribution in [-0.4, -0.2) is 29.1 Å². The van der Waals surface area contributed by atoms with Crippen LogP contribution in [0.5, 0.6) is 0 Å². The molecule has 98 valence electrons. The van der Waals surface area contributed by atoms with Gasteiger partial charge >= 0.3 is 0 Å². The van der Waals surface area contributed by atoms with Gasteiger partial charge in [0, 0.05) is 37.0 Å². The molecule has 0 fully saturated rings. The largest absolute Gasteiger partial charge is 0.385 e. The summed E-state index contributed by atoms with van der Waals surface area (Å²) < 4.78 is 8.39. The summed E-state index contributed by atoms with van der Waals surface area (Å²) in [5, 5.41) is 0. The van der Waals surface area contributed by atoms with Crippen molar-refractivity contribution in [1.29, 1.82) is 0 Å². The molecule has 2 aromatic rings. The minimum absolute atomic E-state index is 0.592. The summed E-state index contributed by atoms with van der Waals surface area (Å²) in [5.74, 6) is 1.64. The molecule has 1 heterocycles. The van der Waals surface area contributed by atoms with Gasteiger partial charge in [-0.25, -0.2) is 4.98 Å². The normalized spacial score (nSPS) is 11.3. The summed E-state index contributed by atoms with van der Waals surface area (Å²) >= 11 is 9.31. The average molecular weight is 332 g/mol. The summed E-state index contributed by atoms with van der Waals surface area (Å²) in [6.45, 7) is 1.68. The summed E-state index contributed by atoms with van der Waals surface area (Å²) in [5.41, 5.74) is 2.18. The molecule has 0 aliphatic heterocycles. The minimum Gasteiger partial charge on any atom is -0.385 e. The first-order valence-electron chi connectivity index (χ1n) is 5.96. The fourth-order valence-electron chi connectivity index (χ4n) is 2.04. The van der Waals surface area contributed by atoms with Crippen molar-refractivity contribution in [2.45, 2.75) is 19.4 Å². The zero-order chi connectivity index (χ0) is 13.0. The van der Waals surface area contributed by atoms with Gasteiger partial charge in [-0.2, -0.15) is 0 Å². The molecule has 0 aliphatic rings. The van der Waals surface area contributed by atoms with E-state index in [4.69, 9.17) is 16.3 Å². The lowest BCUT2D eigenvalue weighted by atomic mass is 10.3. The fraction of sp³-hybridized carbons (Fsp3) is 0.462. The Morgan fingerprint density at radius 3 is 3.00 bits per heavy atom. The van der Waals surface area contributed by atoms with Crippen molar-refractivity contribution in [3.05, 3.63) is 28.5 Å². The second-order valence-electron chi connectivity index (χ2n) is 4.10. The van der Waals surface area contributed by atoms with Gasteiger partial charge in [0.2, 0.25) is 0 Å². The molecular formula is C13H16BrClN2O. The summed E-state index contributed by atoms with van der Waals surface area (Å²) in [6.07, 6.45) is 1.77. The van der Waals surface area contributed by atoms with Crippen LogP contribution in [0.4, 0.5) is 0 Å². The molecule has 0 bridgehead atoms. The first-order valence-corrected chi connectivity index (χ1v) is 7.28. The molecule has 1 aromatic heterocycles. The van der Waals surface area contributed by atoms with E-state index in [0.717, 1.165) is 47.3 Å². The molecule has 0 aliphatic carbocycles. The smallest absolute Gasteiger partial charge is 0.111 e. The molecule has 2 rings (SSSR count). The van der Waals surface area contributed by atoms with E-state index in [1.807, 2.05) is 12.1 Å². The van der Waals surface area contributed by atoms with E-state index in [2.05, 4.69) is 31.5 Å². The highest BCUT2D eigenvalue weighted by Crippen LogP contribution is 2.21. The van der Waals surface area contributed by atoms with Crippen LogP contribution in [0, 0.1) is 0 Å². The van der Waals surface area contributed by atoms with Crippen LogP contribution in [0.15, 0.2) is 22.7 Å². The monoisotopic (exact) mass is 330 g/mol. The van der Waals surface area contributed by atoms with E-state index in [1.54, 1.807) is 7.11 Å². The Labute approximate surface area is 120 Å². The van der Waals surface area contributed by atoms with Gasteiger partial charge in [0.1, 0.15) is 5.82 Å². The Morgan fingerprint density at radius 2 is 2.28 bits per heavy atom. The predicted octanol–water partition coefficient (Wildman–Crippen LogP) is 3.62. The molecule has 0 spiro atoms. The zero-order valence-electron chi connectivity index (χ0n) is 10.3. The van der Waals surface area contributed by atoms with Crippen molar-refractivity contribution < 1.29 is 4.74 Å². The van der Waals surface area contributed by atoms with E-state index < -0.39 is 0 Å². The third-order valence-corrected chi connectivity index (χ3v) is 3.52. The predicted molar refractivity (Wildman–Crippen MR) is 78.4 cm³/mol. The number of rotatable bonds is 6. The number of methoxy groups -OCH3 is 1. The van der Waals surface area contributed by atoms with E-state index in [9.17, 15) is 0 Å². The Morgan fingerprint density at radius 1 is 1.44 bits per heavy atom. The number of ether oxygens (including phenoxy) is 1. The van der Waals surface area contributed by atoms with Crippen LogP contribution in [-0.2, 0) is 17.7 Å². The number of imidazole rings is 1. The van der Waals surface area contributed by atoms with Crippen LogP contribution >= 0.6 is 27.5 Å². The second-order valence-corrected chi connectivity index (χ2v) is 5.39. The van der Waals surface area contributed by atoms with E-state index >= 15 is 0 Å². The van der Waals surface area contributed by atoms with Crippen LogP contribution in [0.3, 0.4) is 0 Å². The van der Waals surface area contributed by atoms with Crippen molar-refractivity contribution in [2.75, 3.05) is 19.6 Å². The molecule has 0 saturated heterocycles. The highest BCUT2D eigenvalue weighted by molar-refractivity contribution is 9.10. The van der Waals surface area contributed by atoms with Gasteiger partial charge in [0.15, 0.2) is 0 Å². The molecule has 1 aromatic carbocycles. The van der Waals surface area contributed by atoms with Crippen molar-refractivity contribution in [3.63, 3.8) is 0 Å². The quantitative estimate of drug-likeness (QED) is 0.597. The molecule has 0 atom stereocenters. The summed E-state index contributed by atoms with van der Waals surface area (Å²) in [4.78, 5) is 4.65.